The number of benzene rings is 4. The molecule has 0 fully saturated rings. The van der Waals surface area contributed by atoms with Gasteiger partial charge in [-0.3, -0.25) is 0 Å². The summed E-state index contributed by atoms with van der Waals surface area (Å²) in [6.45, 7) is 6.07. The fraction of sp³-hybridized carbons (Fsp3) is 0.400. The molecular formula is C40H46O2. The van der Waals surface area contributed by atoms with Crippen molar-refractivity contribution in [2.24, 2.45) is 0 Å². The molecule has 2 heteroatoms. The second-order valence-electron chi connectivity index (χ2n) is 11.2. The van der Waals surface area contributed by atoms with E-state index >= 15 is 0 Å². The van der Waals surface area contributed by atoms with Gasteiger partial charge < -0.3 is 9.47 Å². The quantitative estimate of drug-likeness (QED) is 0.101. The van der Waals surface area contributed by atoms with Crippen molar-refractivity contribution in [1.82, 2.24) is 0 Å². The maximum atomic E-state index is 5.99. The molecule has 4 aromatic rings. The normalized spacial score (nSPS) is 10.6. The van der Waals surface area contributed by atoms with E-state index in [1.165, 1.54) is 75.0 Å². The van der Waals surface area contributed by atoms with Crippen LogP contribution in [0.2, 0.25) is 0 Å². The van der Waals surface area contributed by atoms with Crippen LogP contribution in [0.3, 0.4) is 0 Å². The van der Waals surface area contributed by atoms with Gasteiger partial charge in [0.1, 0.15) is 11.5 Å². The number of rotatable bonds is 16. The van der Waals surface area contributed by atoms with Crippen LogP contribution in [0.25, 0.3) is 21.5 Å². The summed E-state index contributed by atoms with van der Waals surface area (Å²) in [6, 6.07) is 25.1. The molecule has 0 aliphatic carbocycles. The van der Waals surface area contributed by atoms with Gasteiger partial charge in [0.2, 0.25) is 0 Å². The molecule has 0 N–H and O–H groups in total. The lowest BCUT2D eigenvalue weighted by molar-refractivity contribution is 0.304. The molecule has 42 heavy (non-hydrogen) atoms. The Hall–Kier alpha value is -3.88. The zero-order chi connectivity index (χ0) is 29.2. The first-order chi connectivity index (χ1) is 20.7. The van der Waals surface area contributed by atoms with Crippen LogP contribution in [0.1, 0.15) is 102 Å². The minimum absolute atomic E-state index is 0.784. The fourth-order valence-corrected chi connectivity index (χ4v) is 5.13. The van der Waals surface area contributed by atoms with Crippen molar-refractivity contribution in [3.8, 4) is 35.2 Å². The molecule has 0 unspecified atom stereocenters. The van der Waals surface area contributed by atoms with Gasteiger partial charge in [-0.1, -0.05) is 114 Å². The Balaban J connectivity index is 1.26. The highest BCUT2D eigenvalue weighted by molar-refractivity contribution is 5.86. The van der Waals surface area contributed by atoms with Crippen LogP contribution in [0.5, 0.6) is 11.5 Å². The van der Waals surface area contributed by atoms with E-state index in [0.29, 0.717) is 0 Å². The summed E-state index contributed by atoms with van der Waals surface area (Å²) in [4.78, 5) is 0. The van der Waals surface area contributed by atoms with Crippen LogP contribution in [-0.2, 0) is 0 Å². The van der Waals surface area contributed by atoms with E-state index in [9.17, 15) is 0 Å². The molecule has 0 amide bonds. The lowest BCUT2D eigenvalue weighted by Crippen LogP contribution is -1.97. The highest BCUT2D eigenvalue weighted by atomic mass is 16.5. The van der Waals surface area contributed by atoms with Crippen molar-refractivity contribution in [2.75, 3.05) is 13.2 Å². The van der Waals surface area contributed by atoms with Crippen molar-refractivity contribution in [1.29, 1.82) is 0 Å². The van der Waals surface area contributed by atoms with Crippen LogP contribution in [0, 0.1) is 23.7 Å². The topological polar surface area (TPSA) is 18.5 Å². The van der Waals surface area contributed by atoms with Gasteiger partial charge in [-0.15, -0.1) is 0 Å². The average Bonchev–Trinajstić information content (AvgIpc) is 3.02. The highest BCUT2D eigenvalue weighted by Gasteiger charge is 2.01. The van der Waals surface area contributed by atoms with E-state index in [2.05, 4.69) is 110 Å². The van der Waals surface area contributed by atoms with E-state index in [1.54, 1.807) is 0 Å². The standard InChI is InChI=1S/C40H46O2/c1-3-5-7-9-11-15-27-41-39-25-23-35-29-33(19-21-37(35)31-39)17-13-14-18-34-20-22-38-32-40(26-24-36(38)30-34)42-28-16-12-10-8-6-4-2/h19-26,29-32H,3-12,15-16,27-28H2,1-2H3. The molecule has 4 aromatic carbocycles. The molecule has 0 aliphatic heterocycles. The van der Waals surface area contributed by atoms with Gasteiger partial charge in [0, 0.05) is 11.1 Å². The first-order valence-electron chi connectivity index (χ1n) is 16.1. The van der Waals surface area contributed by atoms with Crippen molar-refractivity contribution in [2.45, 2.75) is 90.9 Å². The van der Waals surface area contributed by atoms with Gasteiger partial charge in [-0.05, 0) is 94.8 Å². The smallest absolute Gasteiger partial charge is 0.119 e. The molecule has 0 aliphatic rings. The van der Waals surface area contributed by atoms with Crippen LogP contribution >= 0.6 is 0 Å². The minimum Gasteiger partial charge on any atom is -0.494 e. The van der Waals surface area contributed by atoms with E-state index in [4.69, 9.17) is 9.47 Å². The molecule has 2 nitrogen and oxygen atoms in total. The number of fused-ring (bicyclic) bond motifs is 2. The Morgan fingerprint density at radius 1 is 0.429 bits per heavy atom. The molecule has 0 bridgehead atoms. The highest BCUT2D eigenvalue weighted by Crippen LogP contribution is 2.23. The Morgan fingerprint density at radius 2 is 0.810 bits per heavy atom. The van der Waals surface area contributed by atoms with Crippen molar-refractivity contribution in [3.05, 3.63) is 83.9 Å². The summed E-state index contributed by atoms with van der Waals surface area (Å²) in [6.07, 6.45) is 15.3. The van der Waals surface area contributed by atoms with Gasteiger partial charge in [0.25, 0.3) is 0 Å². The zero-order valence-corrected chi connectivity index (χ0v) is 25.6. The van der Waals surface area contributed by atoms with Gasteiger partial charge in [-0.25, -0.2) is 0 Å². The number of ether oxygens (including phenoxy) is 2. The predicted molar refractivity (Wildman–Crippen MR) is 179 cm³/mol. The monoisotopic (exact) mass is 558 g/mol. The lowest BCUT2D eigenvalue weighted by atomic mass is 10.1. The lowest BCUT2D eigenvalue weighted by Gasteiger charge is -2.07. The molecule has 0 heterocycles. The van der Waals surface area contributed by atoms with Crippen molar-refractivity contribution in [3.63, 3.8) is 0 Å². The summed E-state index contributed by atoms with van der Waals surface area (Å²) < 4.78 is 12.0. The van der Waals surface area contributed by atoms with Crippen LogP contribution < -0.4 is 9.47 Å². The summed E-state index contributed by atoms with van der Waals surface area (Å²) in [5.74, 6) is 14.3. The van der Waals surface area contributed by atoms with E-state index in [0.717, 1.165) is 59.5 Å². The van der Waals surface area contributed by atoms with E-state index in [1.807, 2.05) is 0 Å². The Labute approximate surface area is 253 Å². The molecule has 0 atom stereocenters. The zero-order valence-electron chi connectivity index (χ0n) is 25.6. The molecule has 0 saturated carbocycles. The molecule has 218 valence electrons. The van der Waals surface area contributed by atoms with Crippen LogP contribution in [0.4, 0.5) is 0 Å². The molecule has 0 radical (unpaired) electrons. The van der Waals surface area contributed by atoms with Crippen molar-refractivity contribution < 1.29 is 9.47 Å². The Kier molecular flexibility index (Phi) is 13.2. The fourth-order valence-electron chi connectivity index (χ4n) is 5.13. The second kappa shape index (κ2) is 17.8. The minimum atomic E-state index is 0.784. The van der Waals surface area contributed by atoms with Crippen LogP contribution in [0.15, 0.2) is 72.8 Å². The van der Waals surface area contributed by atoms with Crippen molar-refractivity contribution >= 4 is 21.5 Å². The third kappa shape index (κ3) is 10.5. The van der Waals surface area contributed by atoms with E-state index < -0.39 is 0 Å². The van der Waals surface area contributed by atoms with Gasteiger partial charge in [-0.2, -0.15) is 0 Å². The Morgan fingerprint density at radius 3 is 1.26 bits per heavy atom. The third-order valence-corrected chi connectivity index (χ3v) is 7.63. The van der Waals surface area contributed by atoms with Crippen LogP contribution in [-0.4, -0.2) is 13.2 Å². The SMILES string of the molecule is CCCCCCCCOc1ccc2cc(C#CC#Cc3ccc4cc(OCCCCCCCC)ccc4c3)ccc2c1. The molecule has 0 saturated heterocycles. The van der Waals surface area contributed by atoms with Gasteiger partial charge in [0.15, 0.2) is 0 Å². The predicted octanol–water partition coefficient (Wildman–Crippen LogP) is 10.9. The van der Waals surface area contributed by atoms with Gasteiger partial charge in [0.05, 0.1) is 13.2 Å². The summed E-state index contributed by atoms with van der Waals surface area (Å²) in [5, 5.41) is 4.65. The maximum absolute atomic E-state index is 5.99. The van der Waals surface area contributed by atoms with Gasteiger partial charge >= 0.3 is 0 Å². The number of hydrogen-bond donors (Lipinski definition) is 0. The second-order valence-corrected chi connectivity index (χ2v) is 11.2. The largest absolute Gasteiger partial charge is 0.494 e. The maximum Gasteiger partial charge on any atom is 0.119 e. The first-order valence-corrected chi connectivity index (χ1v) is 16.1. The number of hydrogen-bond acceptors (Lipinski definition) is 2. The Bertz CT molecular complexity index is 1410. The third-order valence-electron chi connectivity index (χ3n) is 7.63. The average molecular weight is 559 g/mol. The molecule has 4 rings (SSSR count). The molecule has 0 spiro atoms. The number of unbranched alkanes of at least 4 members (excludes halogenated alkanes) is 10. The molecule has 0 aromatic heterocycles. The summed E-state index contributed by atoms with van der Waals surface area (Å²) in [5.41, 5.74) is 1.93. The van der Waals surface area contributed by atoms with E-state index in [-0.39, 0.29) is 0 Å². The summed E-state index contributed by atoms with van der Waals surface area (Å²) in [7, 11) is 0. The first kappa shape index (κ1) is 31.1. The summed E-state index contributed by atoms with van der Waals surface area (Å²) >= 11 is 0. The molecular weight excluding hydrogens is 512 g/mol.